The number of nitrogens with zero attached hydrogens (tertiary/aromatic N) is 1. The highest BCUT2D eigenvalue weighted by atomic mass is 35.5. The molecule has 2 amide bonds. The van der Waals surface area contributed by atoms with E-state index in [2.05, 4.69) is 5.32 Å². The zero-order valence-electron chi connectivity index (χ0n) is 15.0. The molecule has 0 aliphatic heterocycles. The second-order valence-electron chi connectivity index (χ2n) is 5.10. The molecule has 0 aliphatic rings. The molecule has 1 rings (SSSR count). The number of hydrogen-bond donors (Lipinski definition) is 1. The number of esters is 1. The molecule has 0 spiro atoms. The van der Waals surface area contributed by atoms with Gasteiger partial charge in [0.25, 0.3) is 5.91 Å². The van der Waals surface area contributed by atoms with E-state index in [1.54, 1.807) is 12.1 Å². The lowest BCUT2D eigenvalue weighted by Gasteiger charge is -2.15. The van der Waals surface area contributed by atoms with Gasteiger partial charge in [0.15, 0.2) is 18.1 Å². The standard InChI is InChI=1S/C17H21ClN2O6/c1-19-14(21)9-20(2)15(22)10-26-16(23)6-5-11-7-12(18)17(25-4)13(8-11)24-3/h5-8H,9-10H2,1-4H3,(H,19,21)/b6-5+. The van der Waals surface area contributed by atoms with E-state index in [0.29, 0.717) is 22.1 Å². The second-order valence-corrected chi connectivity index (χ2v) is 5.51. The molecule has 0 aromatic heterocycles. The monoisotopic (exact) mass is 384 g/mol. The maximum atomic E-state index is 11.8. The van der Waals surface area contributed by atoms with Crippen molar-refractivity contribution in [3.05, 3.63) is 28.8 Å². The van der Waals surface area contributed by atoms with E-state index in [-0.39, 0.29) is 12.5 Å². The molecule has 0 aliphatic carbocycles. The average molecular weight is 385 g/mol. The number of carbonyl (C=O) groups is 3. The number of rotatable bonds is 8. The number of benzene rings is 1. The SMILES string of the molecule is CNC(=O)CN(C)C(=O)COC(=O)/C=C/c1cc(Cl)c(OC)c(OC)c1. The highest BCUT2D eigenvalue weighted by molar-refractivity contribution is 6.32. The Morgan fingerprint density at radius 1 is 1.23 bits per heavy atom. The summed E-state index contributed by atoms with van der Waals surface area (Å²) < 4.78 is 15.2. The first kappa shape index (κ1) is 21.3. The van der Waals surface area contributed by atoms with Crippen molar-refractivity contribution < 1.29 is 28.6 Å². The van der Waals surface area contributed by atoms with Crippen LogP contribution in [0.1, 0.15) is 5.56 Å². The molecule has 0 saturated carbocycles. The summed E-state index contributed by atoms with van der Waals surface area (Å²) in [6, 6.07) is 3.23. The topological polar surface area (TPSA) is 94.2 Å². The van der Waals surface area contributed by atoms with E-state index in [1.807, 2.05) is 0 Å². The molecule has 0 saturated heterocycles. The molecule has 0 radical (unpaired) electrons. The van der Waals surface area contributed by atoms with Gasteiger partial charge in [-0.3, -0.25) is 9.59 Å². The van der Waals surface area contributed by atoms with E-state index < -0.39 is 18.5 Å². The lowest BCUT2D eigenvalue weighted by Crippen LogP contribution is -2.38. The number of hydrogen-bond acceptors (Lipinski definition) is 6. The summed E-state index contributed by atoms with van der Waals surface area (Å²) in [4.78, 5) is 35.9. The van der Waals surface area contributed by atoms with Crippen molar-refractivity contribution in [3.8, 4) is 11.5 Å². The molecule has 0 fully saturated rings. The van der Waals surface area contributed by atoms with Crippen LogP contribution in [0.3, 0.4) is 0 Å². The van der Waals surface area contributed by atoms with E-state index in [4.69, 9.17) is 25.8 Å². The van der Waals surface area contributed by atoms with Crippen molar-refractivity contribution in [3.63, 3.8) is 0 Å². The number of ether oxygens (including phenoxy) is 3. The Bertz CT molecular complexity index is 705. The molecule has 0 atom stereocenters. The van der Waals surface area contributed by atoms with Gasteiger partial charge in [0.1, 0.15) is 0 Å². The number of carbonyl (C=O) groups excluding carboxylic acids is 3. The number of amides is 2. The van der Waals surface area contributed by atoms with Gasteiger partial charge in [-0.1, -0.05) is 11.6 Å². The summed E-state index contributed by atoms with van der Waals surface area (Å²) in [7, 11) is 5.84. The molecule has 0 heterocycles. The Balaban J connectivity index is 2.64. The summed E-state index contributed by atoms with van der Waals surface area (Å²) in [5, 5.41) is 2.72. The normalized spacial score (nSPS) is 10.3. The van der Waals surface area contributed by atoms with Crippen LogP contribution < -0.4 is 14.8 Å². The molecule has 1 aromatic rings. The van der Waals surface area contributed by atoms with Gasteiger partial charge in [-0.15, -0.1) is 0 Å². The summed E-state index contributed by atoms with van der Waals surface area (Å²) >= 11 is 6.08. The van der Waals surface area contributed by atoms with Crippen molar-refractivity contribution >= 4 is 35.5 Å². The van der Waals surface area contributed by atoms with Gasteiger partial charge in [0.2, 0.25) is 5.91 Å². The minimum absolute atomic E-state index is 0.118. The Labute approximate surface area is 156 Å². The average Bonchev–Trinajstić information content (AvgIpc) is 2.63. The van der Waals surface area contributed by atoms with E-state index >= 15 is 0 Å². The molecule has 0 bridgehead atoms. The van der Waals surface area contributed by atoms with Gasteiger partial charge in [0.05, 0.1) is 25.8 Å². The summed E-state index contributed by atoms with van der Waals surface area (Å²) in [6.45, 7) is -0.587. The largest absolute Gasteiger partial charge is 0.493 e. The van der Waals surface area contributed by atoms with Crippen LogP contribution in [0.2, 0.25) is 5.02 Å². The first-order chi connectivity index (χ1) is 12.3. The van der Waals surface area contributed by atoms with Crippen LogP contribution >= 0.6 is 11.6 Å². The van der Waals surface area contributed by atoms with Gasteiger partial charge in [-0.05, 0) is 23.8 Å². The number of nitrogens with one attached hydrogen (secondary N) is 1. The van der Waals surface area contributed by atoms with Crippen LogP contribution in [0.25, 0.3) is 6.08 Å². The van der Waals surface area contributed by atoms with E-state index in [0.717, 1.165) is 11.0 Å². The molecule has 0 unspecified atom stereocenters. The molecule has 1 N–H and O–H groups in total. The first-order valence-corrected chi connectivity index (χ1v) is 7.91. The fourth-order valence-corrected chi connectivity index (χ4v) is 2.17. The fraction of sp³-hybridized carbons (Fsp3) is 0.353. The lowest BCUT2D eigenvalue weighted by molar-refractivity contribution is -0.148. The fourth-order valence-electron chi connectivity index (χ4n) is 1.87. The van der Waals surface area contributed by atoms with Gasteiger partial charge in [-0.25, -0.2) is 4.79 Å². The number of likely N-dealkylation sites (N-methyl/N-ethyl adjacent to an activating group) is 2. The van der Waals surface area contributed by atoms with Crippen LogP contribution in [0.5, 0.6) is 11.5 Å². The quantitative estimate of drug-likeness (QED) is 0.533. The summed E-state index contributed by atoms with van der Waals surface area (Å²) in [5.74, 6) is -0.725. The highest BCUT2D eigenvalue weighted by Gasteiger charge is 2.14. The summed E-state index contributed by atoms with van der Waals surface area (Å²) in [5.41, 5.74) is 0.590. The number of methoxy groups -OCH3 is 2. The Morgan fingerprint density at radius 2 is 1.92 bits per heavy atom. The van der Waals surface area contributed by atoms with Gasteiger partial charge in [0, 0.05) is 20.2 Å². The Morgan fingerprint density at radius 3 is 2.50 bits per heavy atom. The molecular formula is C17H21ClN2O6. The van der Waals surface area contributed by atoms with E-state index in [9.17, 15) is 14.4 Å². The van der Waals surface area contributed by atoms with Crippen molar-refractivity contribution in [1.29, 1.82) is 0 Å². The molecule has 1 aromatic carbocycles. The van der Waals surface area contributed by atoms with Crippen molar-refractivity contribution in [2.24, 2.45) is 0 Å². The zero-order chi connectivity index (χ0) is 19.7. The van der Waals surface area contributed by atoms with Crippen LogP contribution in [0, 0.1) is 0 Å². The second kappa shape index (κ2) is 10.3. The molecule has 8 nitrogen and oxygen atoms in total. The summed E-state index contributed by atoms with van der Waals surface area (Å²) in [6.07, 6.45) is 2.62. The minimum atomic E-state index is -0.711. The smallest absolute Gasteiger partial charge is 0.331 e. The van der Waals surface area contributed by atoms with Gasteiger partial charge < -0.3 is 24.4 Å². The van der Waals surface area contributed by atoms with Crippen LogP contribution in [0.15, 0.2) is 18.2 Å². The predicted octanol–water partition coefficient (Wildman–Crippen LogP) is 1.12. The lowest BCUT2D eigenvalue weighted by atomic mass is 10.2. The molecular weight excluding hydrogens is 364 g/mol. The number of halogens is 1. The predicted molar refractivity (Wildman–Crippen MR) is 96.3 cm³/mol. The van der Waals surface area contributed by atoms with Crippen LogP contribution in [0.4, 0.5) is 0 Å². The molecule has 9 heteroatoms. The van der Waals surface area contributed by atoms with Gasteiger partial charge in [-0.2, -0.15) is 0 Å². The molecule has 142 valence electrons. The molecule has 26 heavy (non-hydrogen) atoms. The van der Waals surface area contributed by atoms with Crippen molar-refractivity contribution in [2.45, 2.75) is 0 Å². The third kappa shape index (κ3) is 6.29. The third-order valence-electron chi connectivity index (χ3n) is 3.29. The van der Waals surface area contributed by atoms with Crippen molar-refractivity contribution in [2.75, 3.05) is 41.5 Å². The minimum Gasteiger partial charge on any atom is -0.493 e. The Hall–Kier alpha value is -2.74. The zero-order valence-corrected chi connectivity index (χ0v) is 15.8. The maximum Gasteiger partial charge on any atom is 0.331 e. The van der Waals surface area contributed by atoms with Crippen molar-refractivity contribution in [1.82, 2.24) is 10.2 Å². The highest BCUT2D eigenvalue weighted by Crippen LogP contribution is 2.36. The van der Waals surface area contributed by atoms with Gasteiger partial charge >= 0.3 is 5.97 Å². The van der Waals surface area contributed by atoms with Crippen LogP contribution in [-0.4, -0.2) is 64.2 Å². The van der Waals surface area contributed by atoms with Crippen LogP contribution in [-0.2, 0) is 19.1 Å². The first-order valence-electron chi connectivity index (χ1n) is 7.53. The Kier molecular flexibility index (Phi) is 8.44. The van der Waals surface area contributed by atoms with E-state index in [1.165, 1.54) is 34.4 Å². The third-order valence-corrected chi connectivity index (χ3v) is 3.57. The maximum absolute atomic E-state index is 11.8.